The van der Waals surface area contributed by atoms with E-state index in [4.69, 9.17) is 29.8 Å². The van der Waals surface area contributed by atoms with Gasteiger partial charge < -0.3 is 45.7 Å². The zero-order chi connectivity index (χ0) is 33.5. The second-order valence-electron chi connectivity index (χ2n) is 12.4. The van der Waals surface area contributed by atoms with Crippen LogP contribution in [0.15, 0.2) is 0 Å². The lowest BCUT2D eigenvalue weighted by Crippen LogP contribution is -2.56. The summed E-state index contributed by atoms with van der Waals surface area (Å²) in [7, 11) is 0. The molecule has 2 rings (SSSR count). The van der Waals surface area contributed by atoms with Gasteiger partial charge in [-0.1, -0.05) is 27.7 Å². The van der Waals surface area contributed by atoms with Crippen molar-refractivity contribution in [3.8, 4) is 0 Å². The fourth-order valence-electron chi connectivity index (χ4n) is 3.70. The highest BCUT2D eigenvalue weighted by Crippen LogP contribution is 2.35. The molecule has 44 heavy (non-hydrogen) atoms. The Bertz CT molecular complexity index is 906. The predicted octanol–water partition coefficient (Wildman–Crippen LogP) is 1.77. The maximum Gasteiger partial charge on any atom is 0.305 e. The molecule has 16 heteroatoms. The number of amides is 3. The fourth-order valence-corrected chi connectivity index (χ4v) is 3.82. The van der Waals surface area contributed by atoms with E-state index in [1.54, 1.807) is 27.7 Å². The van der Waals surface area contributed by atoms with E-state index in [2.05, 4.69) is 41.2 Å². The van der Waals surface area contributed by atoms with Crippen LogP contribution in [0.25, 0.3) is 0 Å². The van der Waals surface area contributed by atoms with Gasteiger partial charge in [0.25, 0.3) is 0 Å². The molecule has 13 nitrogen and oxygen atoms in total. The van der Waals surface area contributed by atoms with E-state index in [9.17, 15) is 19.2 Å². The molecule has 2 heterocycles. The number of carboxylic acids is 1. The van der Waals surface area contributed by atoms with E-state index in [0.717, 1.165) is 5.75 Å². The summed E-state index contributed by atoms with van der Waals surface area (Å²) < 4.78 is 22.4. The zero-order valence-electron chi connectivity index (χ0n) is 27.3. The first kappa shape index (κ1) is 44.8. The zero-order valence-corrected chi connectivity index (χ0v) is 29.9. The molecular formula is C28H55ClN4O9S2. The van der Waals surface area contributed by atoms with Crippen molar-refractivity contribution in [3.63, 3.8) is 0 Å². The van der Waals surface area contributed by atoms with Gasteiger partial charge in [-0.2, -0.15) is 25.3 Å². The van der Waals surface area contributed by atoms with E-state index in [0.29, 0.717) is 32.1 Å². The topological polar surface area (TPSA) is 188 Å². The molecule has 0 spiro atoms. The largest absolute Gasteiger partial charge is 0.481 e. The smallest absolute Gasteiger partial charge is 0.305 e. The van der Waals surface area contributed by atoms with Crippen molar-refractivity contribution in [3.05, 3.63) is 0 Å². The number of carboxylic acid groups (broad SMARTS) is 1. The van der Waals surface area contributed by atoms with Crippen LogP contribution in [0.4, 0.5) is 0 Å². The molecule has 2 aliphatic rings. The first-order valence-electron chi connectivity index (χ1n) is 14.3. The van der Waals surface area contributed by atoms with E-state index < -0.39 is 40.6 Å². The molecule has 3 amide bonds. The van der Waals surface area contributed by atoms with Crippen molar-refractivity contribution < 1.29 is 43.2 Å². The molecule has 0 aromatic carbocycles. The third-order valence-corrected chi connectivity index (χ3v) is 6.62. The maximum atomic E-state index is 12.3. The monoisotopic (exact) mass is 690 g/mol. The highest BCUT2D eigenvalue weighted by Gasteiger charge is 2.46. The third kappa shape index (κ3) is 18.0. The summed E-state index contributed by atoms with van der Waals surface area (Å²) in [4.78, 5) is 46.1. The van der Waals surface area contributed by atoms with Crippen LogP contribution in [0, 0.1) is 10.8 Å². The molecule has 2 fully saturated rings. The minimum atomic E-state index is -0.942. The molecule has 2 atom stereocenters. The number of carbonyl (C=O) groups is 4. The van der Waals surface area contributed by atoms with Crippen LogP contribution in [-0.4, -0.2) is 103 Å². The van der Waals surface area contributed by atoms with Gasteiger partial charge in [0.05, 0.1) is 19.6 Å². The maximum absolute atomic E-state index is 12.3. The minimum Gasteiger partial charge on any atom is -0.481 e. The third-order valence-electron chi connectivity index (χ3n) is 6.14. The number of ether oxygens (including phenoxy) is 4. The summed E-state index contributed by atoms with van der Waals surface area (Å²) in [6.45, 7) is 17.1. The van der Waals surface area contributed by atoms with Crippen LogP contribution in [0.3, 0.4) is 0 Å². The molecule has 0 saturated carbocycles. The Labute approximate surface area is 279 Å². The Kier molecular flexibility index (Phi) is 21.1. The van der Waals surface area contributed by atoms with Crippen LogP contribution in [0.1, 0.15) is 68.2 Å². The molecule has 6 N–H and O–H groups in total. The molecule has 0 aromatic rings. The van der Waals surface area contributed by atoms with Crippen molar-refractivity contribution in [1.29, 1.82) is 0 Å². The summed E-state index contributed by atoms with van der Waals surface area (Å²) in [6, 6.07) is 0. The summed E-state index contributed by atoms with van der Waals surface area (Å²) >= 11 is 7.81. The lowest BCUT2D eigenvalue weighted by Gasteiger charge is -2.44. The van der Waals surface area contributed by atoms with E-state index in [1.807, 2.05) is 27.7 Å². The molecular weight excluding hydrogens is 636 g/mol. The van der Waals surface area contributed by atoms with E-state index >= 15 is 0 Å². The first-order valence-corrected chi connectivity index (χ1v) is 15.6. The van der Waals surface area contributed by atoms with Crippen LogP contribution in [-0.2, 0) is 38.1 Å². The van der Waals surface area contributed by atoms with Crippen LogP contribution >= 0.6 is 37.7 Å². The Hall–Kier alpha value is -1.33. The summed E-state index contributed by atoms with van der Waals surface area (Å²) in [5, 5.41) is 16.5. The average Bonchev–Trinajstić information content (AvgIpc) is 2.90. The number of rotatable bonds is 11. The lowest BCUT2D eigenvalue weighted by molar-refractivity contribution is -0.304. The first-order chi connectivity index (χ1) is 19.7. The van der Waals surface area contributed by atoms with Gasteiger partial charge in [-0.15, -0.1) is 12.4 Å². The number of hydrogen-bond donors (Lipinski definition) is 7. The number of nitrogens with two attached hydrogens (primary N) is 1. The average molecular weight is 691 g/mol. The number of carbonyl (C=O) groups excluding carboxylic acids is 3. The van der Waals surface area contributed by atoms with Crippen molar-refractivity contribution in [2.75, 3.05) is 50.9 Å². The van der Waals surface area contributed by atoms with Crippen molar-refractivity contribution in [2.45, 2.75) is 92.0 Å². The second kappa shape index (κ2) is 20.7. The summed E-state index contributed by atoms with van der Waals surface area (Å²) in [6.07, 6.45) is -1.09. The molecule has 0 aromatic heterocycles. The highest BCUT2D eigenvalue weighted by atomic mass is 35.5. The normalized spacial score (nSPS) is 22.2. The molecule has 0 radical (unpaired) electrons. The standard InChI is InChI=1S/C14H26N2O4S.C12H21NO5.C2H7NS.ClH/c1-13(2)9-19-14(3,4)20-11(13)12(18)16-6-5-10(17)15-7-8-21;1-11(2)7-17-12(3,4)18-9(11)10(16)13-6-5-8(14)15;3-1-2-4;/h11,21H,5-9H2,1-4H3,(H,15,17)(H,16,18);9H,5-7H2,1-4H3,(H,13,16)(H,14,15);4H,1-3H2;1H/t11-;9-;;/m00../s1. The predicted molar refractivity (Wildman–Crippen MR) is 177 cm³/mol. The van der Waals surface area contributed by atoms with E-state index in [-0.39, 0.29) is 56.1 Å². The van der Waals surface area contributed by atoms with Gasteiger partial charge in [0, 0.05) is 54.9 Å². The lowest BCUT2D eigenvalue weighted by atomic mass is 9.85. The van der Waals surface area contributed by atoms with Gasteiger partial charge in [0.2, 0.25) is 17.7 Å². The quantitative estimate of drug-likeness (QED) is 0.158. The van der Waals surface area contributed by atoms with Gasteiger partial charge in [-0.25, -0.2) is 0 Å². The Balaban J connectivity index is 0. The second-order valence-corrected chi connectivity index (χ2v) is 13.3. The number of halogens is 1. The Morgan fingerprint density at radius 3 is 1.45 bits per heavy atom. The summed E-state index contributed by atoms with van der Waals surface area (Å²) in [5.74, 6) is -1.74. The summed E-state index contributed by atoms with van der Waals surface area (Å²) in [5.41, 5.74) is 4.10. The van der Waals surface area contributed by atoms with E-state index in [1.165, 1.54) is 0 Å². The Morgan fingerprint density at radius 2 is 1.11 bits per heavy atom. The number of aliphatic carboxylic acids is 1. The van der Waals surface area contributed by atoms with Crippen LogP contribution < -0.4 is 21.7 Å². The fraction of sp³-hybridized carbons (Fsp3) is 0.857. The van der Waals surface area contributed by atoms with Crippen LogP contribution in [0.2, 0.25) is 0 Å². The van der Waals surface area contributed by atoms with Gasteiger partial charge >= 0.3 is 5.97 Å². The molecule has 260 valence electrons. The molecule has 0 unspecified atom stereocenters. The molecule has 2 saturated heterocycles. The van der Waals surface area contributed by atoms with Gasteiger partial charge in [-0.05, 0) is 27.7 Å². The number of thiol groups is 2. The van der Waals surface area contributed by atoms with Crippen LogP contribution in [0.5, 0.6) is 0 Å². The molecule has 0 aliphatic carbocycles. The number of nitrogens with one attached hydrogen (secondary N) is 3. The van der Waals surface area contributed by atoms with Crippen molar-refractivity contribution in [1.82, 2.24) is 16.0 Å². The van der Waals surface area contributed by atoms with Crippen molar-refractivity contribution in [2.24, 2.45) is 16.6 Å². The van der Waals surface area contributed by atoms with Gasteiger partial charge in [-0.3, -0.25) is 19.2 Å². The Morgan fingerprint density at radius 1 is 0.727 bits per heavy atom. The van der Waals surface area contributed by atoms with Crippen molar-refractivity contribution >= 4 is 61.4 Å². The molecule has 2 aliphatic heterocycles. The highest BCUT2D eigenvalue weighted by molar-refractivity contribution is 7.80. The van der Waals surface area contributed by atoms with Gasteiger partial charge in [0.1, 0.15) is 12.2 Å². The minimum absolute atomic E-state index is 0. The molecule has 0 bridgehead atoms. The number of hydrogen-bond acceptors (Lipinski definition) is 11. The van der Waals surface area contributed by atoms with Gasteiger partial charge in [0.15, 0.2) is 11.6 Å². The SMILES string of the molecule is CC1(C)OCC(C)(C)[C@H](C(=O)NCCC(=O)NCCS)O1.CC1(C)OCC(C)(C)[C@H](C(=O)NCCC(=O)O)O1.Cl.NCCS.